The molecule has 2 aromatic heterocycles. The Hall–Kier alpha value is -4.50. The third kappa shape index (κ3) is 4.31. The van der Waals surface area contributed by atoms with Crippen molar-refractivity contribution in [3.63, 3.8) is 0 Å². The van der Waals surface area contributed by atoms with E-state index in [2.05, 4.69) is 44.5 Å². The minimum atomic E-state index is -0.157. The standard InChI is InChI=1S/C29H26N4O5/c34-27-13-22(6-7-30-27)33-8-9-35-26(16-33)23-3-1-2-19-11-20-12-21(4-5-24(20)38-28(19)23)31-14-18-10-25-29(32-15-18)37-17-36-25/h1-7,10,12-13,15,26,31H,8-9,11,14,16-17H2,(H,30,34). The van der Waals surface area contributed by atoms with E-state index in [4.69, 9.17) is 18.9 Å². The van der Waals surface area contributed by atoms with Gasteiger partial charge in [-0.3, -0.25) is 4.79 Å². The summed E-state index contributed by atoms with van der Waals surface area (Å²) in [5.74, 6) is 2.94. The number of aromatic nitrogens is 2. The van der Waals surface area contributed by atoms with Crippen molar-refractivity contribution in [2.24, 2.45) is 0 Å². The largest absolute Gasteiger partial charge is 0.456 e. The highest BCUT2D eigenvalue weighted by Gasteiger charge is 2.29. The zero-order valence-electron chi connectivity index (χ0n) is 20.6. The van der Waals surface area contributed by atoms with Gasteiger partial charge in [0.15, 0.2) is 5.75 Å². The van der Waals surface area contributed by atoms with E-state index in [1.165, 1.54) is 0 Å². The molecule has 9 nitrogen and oxygen atoms in total. The average Bonchev–Trinajstić information content (AvgIpc) is 3.43. The molecule has 7 rings (SSSR count). The van der Waals surface area contributed by atoms with Crippen LogP contribution < -0.4 is 30.0 Å². The molecular weight excluding hydrogens is 484 g/mol. The monoisotopic (exact) mass is 510 g/mol. The summed E-state index contributed by atoms with van der Waals surface area (Å²) in [6.07, 6.45) is 4.09. The van der Waals surface area contributed by atoms with Gasteiger partial charge in [-0.25, -0.2) is 4.98 Å². The fourth-order valence-electron chi connectivity index (χ4n) is 5.20. The number of H-pyrrole nitrogens is 1. The highest BCUT2D eigenvalue weighted by molar-refractivity contribution is 5.59. The number of benzene rings is 2. The van der Waals surface area contributed by atoms with Crippen molar-refractivity contribution < 1.29 is 18.9 Å². The lowest BCUT2D eigenvalue weighted by molar-refractivity contribution is 0.0384. The van der Waals surface area contributed by atoms with Crippen molar-refractivity contribution in [2.75, 3.05) is 36.7 Å². The molecule has 9 heteroatoms. The number of ether oxygens (including phenoxy) is 4. The second-order valence-electron chi connectivity index (χ2n) is 9.56. The molecule has 3 aliphatic heterocycles. The van der Waals surface area contributed by atoms with Gasteiger partial charge in [0.2, 0.25) is 12.4 Å². The molecule has 2 aromatic carbocycles. The van der Waals surface area contributed by atoms with Crippen LogP contribution in [0.25, 0.3) is 0 Å². The molecule has 0 spiro atoms. The molecule has 4 aromatic rings. The highest BCUT2D eigenvalue weighted by Crippen LogP contribution is 2.43. The van der Waals surface area contributed by atoms with Gasteiger partial charge in [0.1, 0.15) is 17.6 Å². The normalized spacial score (nSPS) is 17.4. The van der Waals surface area contributed by atoms with Crippen LogP contribution >= 0.6 is 0 Å². The lowest BCUT2D eigenvalue weighted by atomic mass is 9.95. The van der Waals surface area contributed by atoms with Crippen LogP contribution in [-0.2, 0) is 17.7 Å². The van der Waals surface area contributed by atoms with Crippen molar-refractivity contribution in [1.29, 1.82) is 0 Å². The number of nitrogens with one attached hydrogen (secondary N) is 2. The first-order valence-corrected chi connectivity index (χ1v) is 12.7. The molecule has 0 amide bonds. The zero-order chi connectivity index (χ0) is 25.5. The molecule has 2 N–H and O–H groups in total. The molecule has 1 fully saturated rings. The van der Waals surface area contributed by atoms with E-state index in [0.29, 0.717) is 31.3 Å². The zero-order valence-corrected chi connectivity index (χ0v) is 20.6. The fraction of sp³-hybridized carbons (Fsp3) is 0.241. The molecule has 0 aliphatic carbocycles. The lowest BCUT2D eigenvalue weighted by Gasteiger charge is -2.36. The van der Waals surface area contributed by atoms with E-state index in [1.807, 2.05) is 24.3 Å². The second kappa shape index (κ2) is 9.42. The van der Waals surface area contributed by atoms with Crippen molar-refractivity contribution in [3.05, 3.63) is 99.6 Å². The molecule has 192 valence electrons. The Balaban J connectivity index is 1.08. The third-order valence-electron chi connectivity index (χ3n) is 7.10. The van der Waals surface area contributed by atoms with E-state index in [9.17, 15) is 4.79 Å². The smallest absolute Gasteiger partial charge is 0.260 e. The second-order valence-corrected chi connectivity index (χ2v) is 9.56. The Kier molecular flexibility index (Phi) is 5.62. The van der Waals surface area contributed by atoms with Crippen molar-refractivity contribution >= 4 is 11.4 Å². The Morgan fingerprint density at radius 2 is 2.03 bits per heavy atom. The first-order chi connectivity index (χ1) is 18.7. The third-order valence-corrected chi connectivity index (χ3v) is 7.10. The van der Waals surface area contributed by atoms with Gasteiger partial charge < -0.3 is 34.1 Å². The highest BCUT2D eigenvalue weighted by atomic mass is 16.7. The number of aromatic amines is 1. The molecule has 1 atom stereocenters. The maximum absolute atomic E-state index is 11.8. The van der Waals surface area contributed by atoms with Gasteiger partial charge in [-0.2, -0.15) is 0 Å². The predicted octanol–water partition coefficient (Wildman–Crippen LogP) is 4.39. The Morgan fingerprint density at radius 3 is 2.97 bits per heavy atom. The van der Waals surface area contributed by atoms with Gasteiger partial charge in [0, 0.05) is 67.0 Å². The first kappa shape index (κ1) is 22.7. The quantitative estimate of drug-likeness (QED) is 0.360. The molecule has 5 heterocycles. The SMILES string of the molecule is O=c1cc(N2CCOC(c3cccc4c3Oc3ccc(NCc5cnc6c(c5)OCO6)cc3C4)C2)cc[nH]1. The number of morpholine rings is 1. The summed E-state index contributed by atoms with van der Waals surface area (Å²) in [4.78, 5) is 21.0. The Morgan fingerprint density at radius 1 is 1.05 bits per heavy atom. The van der Waals surface area contributed by atoms with Crippen LogP contribution in [0.1, 0.15) is 28.4 Å². The Labute approximate surface area is 219 Å². The first-order valence-electron chi connectivity index (χ1n) is 12.7. The van der Waals surface area contributed by atoms with Gasteiger partial charge >= 0.3 is 0 Å². The van der Waals surface area contributed by atoms with Crippen molar-refractivity contribution in [3.8, 4) is 23.1 Å². The fourth-order valence-corrected chi connectivity index (χ4v) is 5.20. The van der Waals surface area contributed by atoms with Crippen LogP contribution in [0.15, 0.2) is 71.8 Å². The molecule has 0 radical (unpaired) electrons. The van der Waals surface area contributed by atoms with Crippen LogP contribution in [0.2, 0.25) is 0 Å². The van der Waals surface area contributed by atoms with Gasteiger partial charge in [-0.1, -0.05) is 18.2 Å². The van der Waals surface area contributed by atoms with E-state index in [-0.39, 0.29) is 18.5 Å². The summed E-state index contributed by atoms with van der Waals surface area (Å²) in [5, 5.41) is 3.47. The number of hydrogen-bond donors (Lipinski definition) is 2. The molecule has 1 saturated heterocycles. The summed E-state index contributed by atoms with van der Waals surface area (Å²) >= 11 is 0. The molecule has 0 saturated carbocycles. The molecule has 3 aliphatic rings. The van der Waals surface area contributed by atoms with Gasteiger partial charge in [-0.15, -0.1) is 0 Å². The number of pyridine rings is 2. The number of anilines is 2. The predicted molar refractivity (Wildman–Crippen MR) is 141 cm³/mol. The minimum Gasteiger partial charge on any atom is -0.456 e. The maximum atomic E-state index is 11.8. The number of rotatable bonds is 5. The van der Waals surface area contributed by atoms with Crippen LogP contribution in [0.5, 0.6) is 23.1 Å². The van der Waals surface area contributed by atoms with E-state index in [1.54, 1.807) is 18.5 Å². The van der Waals surface area contributed by atoms with Crippen molar-refractivity contribution in [2.45, 2.75) is 19.1 Å². The summed E-state index contributed by atoms with van der Waals surface area (Å²) in [7, 11) is 0. The van der Waals surface area contributed by atoms with Gasteiger partial charge in [0.05, 0.1) is 6.61 Å². The molecule has 0 bridgehead atoms. The topological polar surface area (TPSA) is 97.9 Å². The summed E-state index contributed by atoms with van der Waals surface area (Å²) in [6.45, 7) is 2.79. The molecular formula is C29H26N4O5. The van der Waals surface area contributed by atoms with Crippen LogP contribution in [0, 0.1) is 0 Å². The van der Waals surface area contributed by atoms with E-state index >= 15 is 0 Å². The van der Waals surface area contributed by atoms with E-state index in [0.717, 1.165) is 58.1 Å². The maximum Gasteiger partial charge on any atom is 0.260 e. The van der Waals surface area contributed by atoms with Gasteiger partial charge in [0.25, 0.3) is 5.88 Å². The van der Waals surface area contributed by atoms with Crippen LogP contribution in [0.4, 0.5) is 11.4 Å². The van der Waals surface area contributed by atoms with Crippen molar-refractivity contribution in [1.82, 2.24) is 9.97 Å². The molecule has 1 unspecified atom stereocenters. The lowest BCUT2D eigenvalue weighted by Crippen LogP contribution is -2.39. The summed E-state index contributed by atoms with van der Waals surface area (Å²) in [5.41, 5.74) is 6.09. The average molecular weight is 511 g/mol. The number of nitrogens with zero attached hydrogens (tertiary/aromatic N) is 2. The number of para-hydroxylation sites is 1. The molecule has 38 heavy (non-hydrogen) atoms. The number of fused-ring (bicyclic) bond motifs is 3. The van der Waals surface area contributed by atoms with E-state index < -0.39 is 0 Å². The summed E-state index contributed by atoms with van der Waals surface area (Å²) in [6, 6.07) is 17.9. The number of hydrogen-bond acceptors (Lipinski definition) is 8. The van der Waals surface area contributed by atoms with Crippen LogP contribution in [0.3, 0.4) is 0 Å². The Bertz CT molecular complexity index is 1570. The van der Waals surface area contributed by atoms with Crippen LogP contribution in [-0.4, -0.2) is 36.5 Å². The van der Waals surface area contributed by atoms with Gasteiger partial charge in [-0.05, 0) is 41.5 Å². The minimum absolute atomic E-state index is 0.107. The summed E-state index contributed by atoms with van der Waals surface area (Å²) < 4.78 is 23.4.